The van der Waals surface area contributed by atoms with Crippen molar-refractivity contribution in [3.05, 3.63) is 0 Å². The summed E-state index contributed by atoms with van der Waals surface area (Å²) in [5, 5.41) is 0. The molecule has 0 bridgehead atoms. The molecule has 1 aliphatic rings. The van der Waals surface area contributed by atoms with E-state index < -0.39 is 0 Å². The monoisotopic (exact) mass is 250 g/mol. The third kappa shape index (κ3) is 3.92. The number of hydrogen-bond donors (Lipinski definition) is 1. The molecule has 96 valence electrons. The Hall–Kier alpha value is -0.320. The van der Waals surface area contributed by atoms with Crippen molar-refractivity contribution in [3.63, 3.8) is 0 Å². The molecule has 0 saturated carbocycles. The van der Waals surface area contributed by atoms with Crippen molar-refractivity contribution >= 4 is 18.3 Å². The molecule has 0 aliphatic carbocycles. The van der Waals surface area contributed by atoms with E-state index in [0.717, 1.165) is 26.1 Å². The third-order valence-corrected chi connectivity index (χ3v) is 3.00. The molecule has 2 unspecified atom stereocenters. The molecular weight excluding hydrogens is 228 g/mol. The molecule has 1 amide bonds. The maximum absolute atomic E-state index is 11.9. The number of nitrogens with zero attached hydrogens (tertiary/aromatic N) is 1. The number of amides is 1. The number of likely N-dealkylation sites (tertiary alicyclic amines) is 1. The van der Waals surface area contributed by atoms with Gasteiger partial charge < -0.3 is 15.4 Å². The first-order chi connectivity index (χ1) is 7.06. The Bertz CT molecular complexity index is 224. The van der Waals surface area contributed by atoms with Gasteiger partial charge in [-0.25, -0.2) is 0 Å². The molecule has 1 fully saturated rings. The highest BCUT2D eigenvalue weighted by Gasteiger charge is 2.30. The van der Waals surface area contributed by atoms with Crippen LogP contribution in [0.25, 0.3) is 0 Å². The number of halogens is 1. The number of rotatable bonds is 4. The average molecular weight is 251 g/mol. The number of carbonyl (C=O) groups is 1. The van der Waals surface area contributed by atoms with Crippen LogP contribution in [0.5, 0.6) is 0 Å². The summed E-state index contributed by atoms with van der Waals surface area (Å²) in [4.78, 5) is 13.8. The molecule has 5 heteroatoms. The van der Waals surface area contributed by atoms with E-state index in [1.807, 2.05) is 18.7 Å². The summed E-state index contributed by atoms with van der Waals surface area (Å²) >= 11 is 0. The molecule has 1 heterocycles. The van der Waals surface area contributed by atoms with Gasteiger partial charge in [-0.05, 0) is 12.3 Å². The lowest BCUT2D eigenvalue weighted by Crippen LogP contribution is -2.45. The van der Waals surface area contributed by atoms with Crippen LogP contribution in [-0.4, -0.2) is 43.7 Å². The lowest BCUT2D eigenvalue weighted by molar-refractivity contribution is -0.132. The molecule has 2 atom stereocenters. The van der Waals surface area contributed by atoms with Crippen molar-refractivity contribution in [1.82, 2.24) is 4.90 Å². The summed E-state index contributed by atoms with van der Waals surface area (Å²) in [6.07, 6.45) is 1.03. The van der Waals surface area contributed by atoms with Crippen molar-refractivity contribution in [2.75, 3.05) is 26.8 Å². The SMILES string of the molecule is COCC1CCN(C(=O)C(N)C(C)C)C1.Cl. The van der Waals surface area contributed by atoms with Gasteiger partial charge in [0.15, 0.2) is 0 Å². The van der Waals surface area contributed by atoms with Gasteiger partial charge in [0.2, 0.25) is 5.91 Å². The Morgan fingerprint density at radius 2 is 2.19 bits per heavy atom. The zero-order valence-corrected chi connectivity index (χ0v) is 11.1. The lowest BCUT2D eigenvalue weighted by atomic mass is 10.0. The second kappa shape index (κ2) is 7.09. The molecule has 2 N–H and O–H groups in total. The molecule has 1 saturated heterocycles. The Morgan fingerprint density at radius 1 is 1.56 bits per heavy atom. The molecule has 16 heavy (non-hydrogen) atoms. The van der Waals surface area contributed by atoms with Crippen LogP contribution < -0.4 is 5.73 Å². The maximum atomic E-state index is 11.9. The van der Waals surface area contributed by atoms with Crippen molar-refractivity contribution in [2.45, 2.75) is 26.3 Å². The fourth-order valence-corrected chi connectivity index (χ4v) is 1.90. The molecule has 0 aromatic carbocycles. The zero-order valence-electron chi connectivity index (χ0n) is 10.3. The molecule has 0 radical (unpaired) electrons. The first kappa shape index (κ1) is 15.7. The fraction of sp³-hybridized carbons (Fsp3) is 0.909. The molecule has 0 aromatic heterocycles. The van der Waals surface area contributed by atoms with Gasteiger partial charge in [0, 0.05) is 26.1 Å². The molecular formula is C11H23ClN2O2. The molecule has 0 aromatic rings. The molecule has 1 aliphatic heterocycles. The Balaban J connectivity index is 0.00000225. The van der Waals surface area contributed by atoms with Gasteiger partial charge in [0.1, 0.15) is 0 Å². The van der Waals surface area contributed by atoms with Crippen molar-refractivity contribution in [1.29, 1.82) is 0 Å². The highest BCUT2D eigenvalue weighted by atomic mass is 35.5. The van der Waals surface area contributed by atoms with Crippen molar-refractivity contribution in [3.8, 4) is 0 Å². The summed E-state index contributed by atoms with van der Waals surface area (Å²) in [7, 11) is 1.70. The predicted octanol–water partition coefficient (Wildman–Crippen LogP) is 0.886. The number of ether oxygens (including phenoxy) is 1. The Morgan fingerprint density at radius 3 is 2.69 bits per heavy atom. The standard InChI is InChI=1S/C11H22N2O2.ClH/c1-8(2)10(12)11(14)13-5-4-9(6-13)7-15-3;/h8-10H,4-7,12H2,1-3H3;1H. The van der Waals surface area contributed by atoms with E-state index >= 15 is 0 Å². The van der Waals surface area contributed by atoms with Crippen LogP contribution in [0.1, 0.15) is 20.3 Å². The summed E-state index contributed by atoms with van der Waals surface area (Å²) in [6, 6.07) is -0.355. The minimum absolute atomic E-state index is 0. The Labute approximate surface area is 104 Å². The van der Waals surface area contributed by atoms with E-state index in [9.17, 15) is 4.79 Å². The normalized spacial score (nSPS) is 22.1. The summed E-state index contributed by atoms with van der Waals surface area (Å²) in [6.45, 7) is 6.32. The summed E-state index contributed by atoms with van der Waals surface area (Å²) in [5.41, 5.74) is 5.84. The van der Waals surface area contributed by atoms with Gasteiger partial charge in [-0.15, -0.1) is 12.4 Å². The van der Waals surface area contributed by atoms with Crippen LogP contribution in [0, 0.1) is 11.8 Å². The summed E-state index contributed by atoms with van der Waals surface area (Å²) in [5.74, 6) is 0.779. The van der Waals surface area contributed by atoms with E-state index in [-0.39, 0.29) is 30.3 Å². The largest absolute Gasteiger partial charge is 0.384 e. The van der Waals surface area contributed by atoms with Gasteiger partial charge in [-0.3, -0.25) is 4.79 Å². The smallest absolute Gasteiger partial charge is 0.239 e. The average Bonchev–Trinajstić information content (AvgIpc) is 2.64. The van der Waals surface area contributed by atoms with Crippen LogP contribution >= 0.6 is 12.4 Å². The number of methoxy groups -OCH3 is 1. The molecule has 1 rings (SSSR count). The lowest BCUT2D eigenvalue weighted by Gasteiger charge is -2.23. The van der Waals surface area contributed by atoms with Crippen LogP contribution in [-0.2, 0) is 9.53 Å². The van der Waals surface area contributed by atoms with E-state index in [1.165, 1.54) is 0 Å². The quantitative estimate of drug-likeness (QED) is 0.806. The van der Waals surface area contributed by atoms with Gasteiger partial charge >= 0.3 is 0 Å². The van der Waals surface area contributed by atoms with Crippen molar-refractivity contribution < 1.29 is 9.53 Å². The first-order valence-corrected chi connectivity index (χ1v) is 5.59. The molecule has 0 spiro atoms. The highest BCUT2D eigenvalue weighted by molar-refractivity contribution is 5.85. The number of hydrogen-bond acceptors (Lipinski definition) is 3. The van der Waals surface area contributed by atoms with Crippen LogP contribution in [0.3, 0.4) is 0 Å². The minimum atomic E-state index is -0.355. The van der Waals surface area contributed by atoms with Gasteiger partial charge in [0.05, 0.1) is 12.6 Å². The topological polar surface area (TPSA) is 55.6 Å². The predicted molar refractivity (Wildman–Crippen MR) is 66.6 cm³/mol. The second-order valence-corrected chi connectivity index (χ2v) is 4.66. The van der Waals surface area contributed by atoms with Gasteiger partial charge in [0.25, 0.3) is 0 Å². The van der Waals surface area contributed by atoms with E-state index in [4.69, 9.17) is 10.5 Å². The summed E-state index contributed by atoms with van der Waals surface area (Å²) < 4.78 is 5.09. The van der Waals surface area contributed by atoms with Crippen LogP contribution in [0.15, 0.2) is 0 Å². The molecule has 4 nitrogen and oxygen atoms in total. The minimum Gasteiger partial charge on any atom is -0.384 e. The van der Waals surface area contributed by atoms with Crippen LogP contribution in [0.4, 0.5) is 0 Å². The number of carbonyl (C=O) groups excluding carboxylic acids is 1. The first-order valence-electron chi connectivity index (χ1n) is 5.59. The van der Waals surface area contributed by atoms with Crippen LogP contribution in [0.2, 0.25) is 0 Å². The Kier molecular flexibility index (Phi) is 6.95. The van der Waals surface area contributed by atoms with Crippen molar-refractivity contribution in [2.24, 2.45) is 17.6 Å². The maximum Gasteiger partial charge on any atom is 0.239 e. The third-order valence-electron chi connectivity index (χ3n) is 3.00. The fourth-order valence-electron chi connectivity index (χ4n) is 1.90. The van der Waals surface area contributed by atoms with E-state index in [1.54, 1.807) is 7.11 Å². The van der Waals surface area contributed by atoms with Gasteiger partial charge in [-0.1, -0.05) is 13.8 Å². The zero-order chi connectivity index (χ0) is 11.4. The van der Waals surface area contributed by atoms with E-state index in [0.29, 0.717) is 5.92 Å². The van der Waals surface area contributed by atoms with Gasteiger partial charge in [-0.2, -0.15) is 0 Å². The van der Waals surface area contributed by atoms with E-state index in [2.05, 4.69) is 0 Å². The highest BCUT2D eigenvalue weighted by Crippen LogP contribution is 2.18. The second-order valence-electron chi connectivity index (χ2n) is 4.66. The number of nitrogens with two attached hydrogens (primary N) is 1.